The topological polar surface area (TPSA) is 34.9 Å². The van der Waals surface area contributed by atoms with Crippen LogP contribution in [0.3, 0.4) is 0 Å². The standard InChI is InChI=1S/C17H28N2O/c1-5-19-15(10-14(4)18-19)11-16(20)17(12-13(2)3)8-6-7-9-17/h10,13H,5-9,11-12H2,1-4H3. The molecular formula is C17H28N2O. The Morgan fingerprint density at radius 3 is 2.60 bits per heavy atom. The van der Waals surface area contributed by atoms with Crippen LogP contribution in [0.4, 0.5) is 0 Å². The molecule has 2 rings (SSSR count). The highest BCUT2D eigenvalue weighted by atomic mass is 16.1. The van der Waals surface area contributed by atoms with E-state index < -0.39 is 0 Å². The number of rotatable bonds is 6. The van der Waals surface area contributed by atoms with Crippen LogP contribution in [0.1, 0.15) is 64.3 Å². The summed E-state index contributed by atoms with van der Waals surface area (Å²) in [5.41, 5.74) is 2.05. The molecule has 0 amide bonds. The van der Waals surface area contributed by atoms with Crippen molar-refractivity contribution in [3.05, 3.63) is 17.5 Å². The first-order chi connectivity index (χ1) is 9.47. The van der Waals surface area contributed by atoms with Crippen molar-refractivity contribution in [1.82, 2.24) is 9.78 Å². The number of carbonyl (C=O) groups excluding carboxylic acids is 1. The number of Topliss-reactive ketones (excluding diaryl/α,β-unsaturated/α-hetero) is 1. The van der Waals surface area contributed by atoms with Gasteiger partial charge in [0.1, 0.15) is 5.78 Å². The van der Waals surface area contributed by atoms with Gasteiger partial charge in [-0.15, -0.1) is 0 Å². The highest BCUT2D eigenvalue weighted by molar-refractivity contribution is 5.86. The second kappa shape index (κ2) is 6.11. The van der Waals surface area contributed by atoms with Gasteiger partial charge >= 0.3 is 0 Å². The molecule has 1 aromatic rings. The first-order valence-corrected chi connectivity index (χ1v) is 8.03. The van der Waals surface area contributed by atoms with E-state index in [9.17, 15) is 4.79 Å². The van der Waals surface area contributed by atoms with E-state index in [0.29, 0.717) is 18.1 Å². The Balaban J connectivity index is 2.16. The lowest BCUT2D eigenvalue weighted by Crippen LogP contribution is -2.31. The largest absolute Gasteiger partial charge is 0.299 e. The maximum atomic E-state index is 12.9. The molecule has 3 heteroatoms. The summed E-state index contributed by atoms with van der Waals surface area (Å²) in [7, 11) is 0. The van der Waals surface area contributed by atoms with E-state index in [-0.39, 0.29) is 5.41 Å². The Kier molecular flexibility index (Phi) is 4.66. The van der Waals surface area contributed by atoms with Gasteiger partial charge in [-0.1, -0.05) is 26.7 Å². The molecule has 0 radical (unpaired) electrons. The van der Waals surface area contributed by atoms with Gasteiger partial charge in [0.05, 0.1) is 5.69 Å². The van der Waals surface area contributed by atoms with Crippen LogP contribution in [0.2, 0.25) is 0 Å². The van der Waals surface area contributed by atoms with Crippen molar-refractivity contribution < 1.29 is 4.79 Å². The van der Waals surface area contributed by atoms with Gasteiger partial charge in [0.2, 0.25) is 0 Å². The summed E-state index contributed by atoms with van der Waals surface area (Å²) in [6.45, 7) is 9.38. The van der Waals surface area contributed by atoms with Gasteiger partial charge in [0.25, 0.3) is 0 Å². The number of hydrogen-bond donors (Lipinski definition) is 0. The van der Waals surface area contributed by atoms with Crippen molar-refractivity contribution in [1.29, 1.82) is 0 Å². The zero-order valence-corrected chi connectivity index (χ0v) is 13.4. The SMILES string of the molecule is CCn1nc(C)cc1CC(=O)C1(CC(C)C)CCCC1. The van der Waals surface area contributed by atoms with Crippen LogP contribution < -0.4 is 0 Å². The molecule has 1 aliphatic carbocycles. The zero-order valence-electron chi connectivity index (χ0n) is 13.4. The third-order valence-electron chi connectivity index (χ3n) is 4.58. The average molecular weight is 276 g/mol. The fraction of sp³-hybridized carbons (Fsp3) is 0.765. The molecule has 112 valence electrons. The van der Waals surface area contributed by atoms with E-state index in [1.165, 1.54) is 12.8 Å². The molecule has 0 spiro atoms. The minimum Gasteiger partial charge on any atom is -0.299 e. The van der Waals surface area contributed by atoms with E-state index in [1.807, 2.05) is 11.6 Å². The molecule has 0 atom stereocenters. The van der Waals surface area contributed by atoms with Crippen molar-refractivity contribution in [3.8, 4) is 0 Å². The Bertz CT molecular complexity index is 467. The average Bonchev–Trinajstić information content (AvgIpc) is 2.96. The third-order valence-corrected chi connectivity index (χ3v) is 4.58. The smallest absolute Gasteiger partial charge is 0.144 e. The number of hydrogen-bond acceptors (Lipinski definition) is 2. The molecular weight excluding hydrogens is 248 g/mol. The number of nitrogens with zero attached hydrogens (tertiary/aromatic N) is 2. The molecule has 1 fully saturated rings. The lowest BCUT2D eigenvalue weighted by Gasteiger charge is -2.29. The van der Waals surface area contributed by atoms with E-state index >= 15 is 0 Å². The molecule has 1 aromatic heterocycles. The number of carbonyl (C=O) groups is 1. The zero-order chi connectivity index (χ0) is 14.8. The summed E-state index contributed by atoms with van der Waals surface area (Å²) in [6.07, 6.45) is 6.20. The minimum atomic E-state index is -0.0507. The summed E-state index contributed by atoms with van der Waals surface area (Å²) in [4.78, 5) is 12.9. The predicted octanol–water partition coefficient (Wildman–Crippen LogP) is 3.93. The lowest BCUT2D eigenvalue weighted by atomic mass is 9.74. The van der Waals surface area contributed by atoms with E-state index in [2.05, 4.69) is 31.9 Å². The number of ketones is 1. The second-order valence-corrected chi connectivity index (χ2v) is 6.78. The highest BCUT2D eigenvalue weighted by Gasteiger charge is 2.40. The molecule has 0 N–H and O–H groups in total. The van der Waals surface area contributed by atoms with Gasteiger partial charge in [0.15, 0.2) is 0 Å². The van der Waals surface area contributed by atoms with Gasteiger partial charge in [-0.05, 0) is 45.1 Å². The molecule has 1 saturated carbocycles. The van der Waals surface area contributed by atoms with Crippen LogP contribution in [0.25, 0.3) is 0 Å². The Hall–Kier alpha value is -1.12. The van der Waals surface area contributed by atoms with E-state index in [0.717, 1.165) is 37.2 Å². The summed E-state index contributed by atoms with van der Waals surface area (Å²) in [6, 6.07) is 2.07. The van der Waals surface area contributed by atoms with Gasteiger partial charge < -0.3 is 0 Å². The van der Waals surface area contributed by atoms with Crippen LogP contribution in [0, 0.1) is 18.3 Å². The van der Waals surface area contributed by atoms with Crippen LogP contribution in [0.5, 0.6) is 0 Å². The fourth-order valence-electron chi connectivity index (χ4n) is 3.80. The Morgan fingerprint density at radius 1 is 1.40 bits per heavy atom. The molecule has 0 unspecified atom stereocenters. The van der Waals surface area contributed by atoms with E-state index in [1.54, 1.807) is 0 Å². The first-order valence-electron chi connectivity index (χ1n) is 8.03. The predicted molar refractivity (Wildman–Crippen MR) is 81.7 cm³/mol. The highest BCUT2D eigenvalue weighted by Crippen LogP contribution is 2.44. The van der Waals surface area contributed by atoms with Crippen LogP contribution in [-0.4, -0.2) is 15.6 Å². The van der Waals surface area contributed by atoms with Crippen LogP contribution >= 0.6 is 0 Å². The molecule has 0 bridgehead atoms. The maximum Gasteiger partial charge on any atom is 0.144 e. The van der Waals surface area contributed by atoms with Gasteiger partial charge in [0, 0.05) is 24.1 Å². The van der Waals surface area contributed by atoms with Crippen LogP contribution in [-0.2, 0) is 17.8 Å². The second-order valence-electron chi connectivity index (χ2n) is 6.78. The molecule has 0 aliphatic heterocycles. The quantitative estimate of drug-likeness (QED) is 0.789. The monoisotopic (exact) mass is 276 g/mol. The van der Waals surface area contributed by atoms with Gasteiger partial charge in [-0.25, -0.2) is 0 Å². The summed E-state index contributed by atoms with van der Waals surface area (Å²) < 4.78 is 1.98. The molecule has 0 saturated heterocycles. The molecule has 20 heavy (non-hydrogen) atoms. The summed E-state index contributed by atoms with van der Waals surface area (Å²) in [5.74, 6) is 1.04. The maximum absolute atomic E-state index is 12.9. The Morgan fingerprint density at radius 2 is 2.05 bits per heavy atom. The van der Waals surface area contributed by atoms with Crippen molar-refractivity contribution in [2.45, 2.75) is 72.8 Å². The third kappa shape index (κ3) is 3.13. The molecule has 1 aliphatic rings. The fourth-order valence-corrected chi connectivity index (χ4v) is 3.80. The summed E-state index contributed by atoms with van der Waals surface area (Å²) >= 11 is 0. The summed E-state index contributed by atoms with van der Waals surface area (Å²) in [5, 5.41) is 4.46. The molecule has 0 aromatic carbocycles. The van der Waals surface area contributed by atoms with Crippen molar-refractivity contribution >= 4 is 5.78 Å². The first kappa shape index (κ1) is 15.3. The van der Waals surface area contributed by atoms with Gasteiger partial charge in [-0.3, -0.25) is 9.48 Å². The number of aryl methyl sites for hydroxylation is 2. The van der Waals surface area contributed by atoms with Crippen molar-refractivity contribution in [2.75, 3.05) is 0 Å². The molecule has 3 nitrogen and oxygen atoms in total. The van der Waals surface area contributed by atoms with Crippen molar-refractivity contribution in [2.24, 2.45) is 11.3 Å². The van der Waals surface area contributed by atoms with Crippen molar-refractivity contribution in [3.63, 3.8) is 0 Å². The van der Waals surface area contributed by atoms with E-state index in [4.69, 9.17) is 0 Å². The van der Waals surface area contributed by atoms with Gasteiger partial charge in [-0.2, -0.15) is 5.10 Å². The number of aromatic nitrogens is 2. The lowest BCUT2D eigenvalue weighted by molar-refractivity contribution is -0.128. The van der Waals surface area contributed by atoms with Crippen LogP contribution in [0.15, 0.2) is 6.07 Å². The normalized spacial score (nSPS) is 17.9. The minimum absolute atomic E-state index is 0.0507. The Labute approximate surface area is 122 Å². The molecule has 1 heterocycles.